The Kier molecular flexibility index (Phi) is 3.72. The molecule has 142 valence electrons. The summed E-state index contributed by atoms with van der Waals surface area (Å²) in [5.41, 5.74) is 2.16. The van der Waals surface area contributed by atoms with Crippen LogP contribution in [0.15, 0.2) is 108 Å². The van der Waals surface area contributed by atoms with Crippen LogP contribution < -0.4 is 5.56 Å². The summed E-state index contributed by atoms with van der Waals surface area (Å²) in [4.78, 5) is 13.7. The molecule has 0 bridgehead atoms. The van der Waals surface area contributed by atoms with E-state index in [0.717, 1.165) is 38.0 Å². The molecule has 0 aliphatic carbocycles. The van der Waals surface area contributed by atoms with Gasteiger partial charge in [-0.25, -0.2) is 0 Å². The number of hydrogen-bond donors (Lipinski definition) is 0. The van der Waals surface area contributed by atoms with E-state index in [1.807, 2.05) is 41.0 Å². The van der Waals surface area contributed by atoms with Crippen molar-refractivity contribution in [3.63, 3.8) is 0 Å². The highest BCUT2D eigenvalue weighted by Gasteiger charge is 2.15. The SMILES string of the molecule is O=c1c2ccc3ccccc3c2c2c3ccccc3ccc2n1Cc1ccccc1. The first-order valence-electron chi connectivity index (χ1n) is 10.2. The third-order valence-electron chi connectivity index (χ3n) is 6.04. The zero-order chi connectivity index (χ0) is 20.1. The number of aromatic nitrogens is 1. The van der Waals surface area contributed by atoms with E-state index in [1.54, 1.807) is 0 Å². The summed E-state index contributed by atoms with van der Waals surface area (Å²) >= 11 is 0. The predicted molar refractivity (Wildman–Crippen MR) is 126 cm³/mol. The fourth-order valence-electron chi connectivity index (χ4n) is 4.64. The van der Waals surface area contributed by atoms with E-state index < -0.39 is 0 Å². The van der Waals surface area contributed by atoms with Crippen LogP contribution in [0.3, 0.4) is 0 Å². The third-order valence-corrected chi connectivity index (χ3v) is 6.04. The maximum Gasteiger partial charge on any atom is 0.259 e. The lowest BCUT2D eigenvalue weighted by Gasteiger charge is -2.16. The smallest absolute Gasteiger partial charge is 0.259 e. The van der Waals surface area contributed by atoms with Crippen LogP contribution in [0, 0.1) is 0 Å². The van der Waals surface area contributed by atoms with Gasteiger partial charge in [0.25, 0.3) is 5.56 Å². The molecule has 0 spiro atoms. The lowest BCUT2D eigenvalue weighted by molar-refractivity contribution is 0.803. The van der Waals surface area contributed by atoms with Gasteiger partial charge in [-0.2, -0.15) is 0 Å². The van der Waals surface area contributed by atoms with Gasteiger partial charge in [-0.1, -0.05) is 91.0 Å². The van der Waals surface area contributed by atoms with E-state index >= 15 is 0 Å². The molecule has 1 heterocycles. The predicted octanol–water partition coefficient (Wildman–Crippen LogP) is 6.51. The zero-order valence-electron chi connectivity index (χ0n) is 16.4. The summed E-state index contributed by atoms with van der Waals surface area (Å²) in [6, 6.07) is 35.2. The maximum atomic E-state index is 13.7. The van der Waals surface area contributed by atoms with Crippen molar-refractivity contribution in [1.29, 1.82) is 0 Å². The van der Waals surface area contributed by atoms with Crippen molar-refractivity contribution in [1.82, 2.24) is 4.57 Å². The van der Waals surface area contributed by atoms with E-state index in [0.29, 0.717) is 6.54 Å². The van der Waals surface area contributed by atoms with Gasteiger partial charge in [0.2, 0.25) is 0 Å². The zero-order valence-corrected chi connectivity index (χ0v) is 16.4. The fraction of sp³-hybridized carbons (Fsp3) is 0.0357. The molecule has 6 aromatic rings. The minimum Gasteiger partial charge on any atom is -0.303 e. The lowest BCUT2D eigenvalue weighted by atomic mass is 9.95. The first kappa shape index (κ1) is 17.0. The van der Waals surface area contributed by atoms with E-state index in [1.165, 1.54) is 10.8 Å². The van der Waals surface area contributed by atoms with Crippen LogP contribution in [0.4, 0.5) is 0 Å². The number of rotatable bonds is 2. The molecular formula is C28H19NO. The summed E-state index contributed by atoms with van der Waals surface area (Å²) in [5.74, 6) is 0. The normalized spacial score (nSPS) is 11.6. The summed E-state index contributed by atoms with van der Waals surface area (Å²) < 4.78 is 1.92. The van der Waals surface area contributed by atoms with Gasteiger partial charge in [0.05, 0.1) is 12.1 Å². The quantitative estimate of drug-likeness (QED) is 0.311. The van der Waals surface area contributed by atoms with Crippen LogP contribution >= 0.6 is 0 Å². The van der Waals surface area contributed by atoms with Crippen LogP contribution in [0.25, 0.3) is 43.2 Å². The monoisotopic (exact) mass is 385 g/mol. The van der Waals surface area contributed by atoms with Gasteiger partial charge in [0.1, 0.15) is 0 Å². The highest BCUT2D eigenvalue weighted by atomic mass is 16.1. The topological polar surface area (TPSA) is 22.0 Å². The number of benzene rings is 5. The van der Waals surface area contributed by atoms with Crippen LogP contribution in [0.2, 0.25) is 0 Å². The molecule has 1 aromatic heterocycles. The van der Waals surface area contributed by atoms with E-state index in [-0.39, 0.29) is 5.56 Å². The average molecular weight is 385 g/mol. The average Bonchev–Trinajstić information content (AvgIpc) is 2.81. The molecule has 0 amide bonds. The van der Waals surface area contributed by atoms with Gasteiger partial charge < -0.3 is 4.57 Å². The summed E-state index contributed by atoms with van der Waals surface area (Å²) in [7, 11) is 0. The van der Waals surface area contributed by atoms with Crippen molar-refractivity contribution >= 4 is 43.2 Å². The van der Waals surface area contributed by atoms with Gasteiger partial charge in [0, 0.05) is 16.2 Å². The molecule has 30 heavy (non-hydrogen) atoms. The second-order valence-corrected chi connectivity index (χ2v) is 7.77. The Morgan fingerprint density at radius 3 is 1.87 bits per heavy atom. The van der Waals surface area contributed by atoms with Crippen molar-refractivity contribution < 1.29 is 0 Å². The lowest BCUT2D eigenvalue weighted by Crippen LogP contribution is -2.21. The Balaban J connectivity index is 1.87. The van der Waals surface area contributed by atoms with Crippen molar-refractivity contribution in [3.05, 3.63) is 119 Å². The van der Waals surface area contributed by atoms with Crippen molar-refractivity contribution in [2.45, 2.75) is 6.54 Å². The Labute approximate surface area is 173 Å². The molecule has 2 nitrogen and oxygen atoms in total. The fourth-order valence-corrected chi connectivity index (χ4v) is 4.64. The standard InChI is InChI=1S/C28H19NO/c30-28-24-16-14-20-10-4-6-12-22(20)26(24)27-23-13-7-5-11-21(23)15-17-25(27)29(28)18-19-8-2-1-3-9-19/h1-17H,18H2. The summed E-state index contributed by atoms with van der Waals surface area (Å²) in [6.07, 6.45) is 0. The molecule has 0 aliphatic rings. The second-order valence-electron chi connectivity index (χ2n) is 7.77. The Bertz CT molecular complexity index is 1630. The molecule has 5 aromatic carbocycles. The minimum absolute atomic E-state index is 0.0578. The highest BCUT2D eigenvalue weighted by Crippen LogP contribution is 2.35. The number of hydrogen-bond acceptors (Lipinski definition) is 1. The summed E-state index contributed by atoms with van der Waals surface area (Å²) in [6.45, 7) is 0.553. The van der Waals surface area contributed by atoms with Gasteiger partial charge in [-0.05, 0) is 39.2 Å². The Hall–Kier alpha value is -3.91. The molecule has 0 aliphatic heterocycles. The van der Waals surface area contributed by atoms with Gasteiger partial charge in [0.15, 0.2) is 0 Å². The Morgan fingerprint density at radius 2 is 1.13 bits per heavy atom. The maximum absolute atomic E-state index is 13.7. The molecule has 6 rings (SSSR count). The van der Waals surface area contributed by atoms with E-state index in [2.05, 4.69) is 66.7 Å². The van der Waals surface area contributed by atoms with Gasteiger partial charge >= 0.3 is 0 Å². The van der Waals surface area contributed by atoms with Crippen molar-refractivity contribution in [3.8, 4) is 0 Å². The molecule has 0 N–H and O–H groups in total. The van der Waals surface area contributed by atoms with Crippen molar-refractivity contribution in [2.24, 2.45) is 0 Å². The van der Waals surface area contributed by atoms with E-state index in [4.69, 9.17) is 0 Å². The molecule has 0 radical (unpaired) electrons. The first-order chi connectivity index (χ1) is 14.8. The molecule has 0 saturated heterocycles. The van der Waals surface area contributed by atoms with Crippen molar-refractivity contribution in [2.75, 3.05) is 0 Å². The van der Waals surface area contributed by atoms with Crippen LogP contribution in [0.5, 0.6) is 0 Å². The number of pyridine rings is 1. The molecule has 0 fully saturated rings. The second kappa shape index (κ2) is 6.57. The molecule has 0 unspecified atom stereocenters. The highest BCUT2D eigenvalue weighted by molar-refractivity contribution is 6.26. The number of fused-ring (bicyclic) bond motifs is 7. The van der Waals surface area contributed by atoms with Gasteiger partial charge in [-0.15, -0.1) is 0 Å². The third kappa shape index (κ3) is 2.47. The molecular weight excluding hydrogens is 366 g/mol. The molecule has 2 heteroatoms. The minimum atomic E-state index is 0.0578. The van der Waals surface area contributed by atoms with Gasteiger partial charge in [-0.3, -0.25) is 4.79 Å². The van der Waals surface area contributed by atoms with E-state index in [9.17, 15) is 4.79 Å². The molecule has 0 saturated carbocycles. The first-order valence-corrected chi connectivity index (χ1v) is 10.2. The largest absolute Gasteiger partial charge is 0.303 e. The molecule has 0 atom stereocenters. The Morgan fingerprint density at radius 1 is 0.533 bits per heavy atom. The summed E-state index contributed by atoms with van der Waals surface area (Å²) in [5, 5.41) is 7.61. The number of nitrogens with zero attached hydrogens (tertiary/aromatic N) is 1. The van der Waals surface area contributed by atoms with Crippen LogP contribution in [-0.4, -0.2) is 4.57 Å². The van der Waals surface area contributed by atoms with Crippen LogP contribution in [0.1, 0.15) is 5.56 Å². The van der Waals surface area contributed by atoms with Crippen LogP contribution in [-0.2, 0) is 6.54 Å².